The van der Waals surface area contributed by atoms with Crippen LogP contribution in [-0.2, 0) is 75.0 Å². The third kappa shape index (κ3) is 63.0. The summed E-state index contributed by atoms with van der Waals surface area (Å²) in [6, 6.07) is 0. The Bertz CT molecular complexity index is 284. The molecular weight excluding hydrogens is 538 g/mol. The van der Waals surface area contributed by atoms with E-state index in [1.54, 1.807) is 11.9 Å². The van der Waals surface area contributed by atoms with Crippen molar-refractivity contribution >= 4 is 11.9 Å². The number of hydrogen-bond donors (Lipinski definition) is 3. The molecule has 0 saturated carbocycles. The van der Waals surface area contributed by atoms with Crippen molar-refractivity contribution in [2.24, 2.45) is 0 Å². The molecule has 180 valence electrons. The van der Waals surface area contributed by atoms with E-state index in [1.807, 2.05) is 21.0 Å². The number of nitrogens with two attached hydrogens (primary N) is 1. The first-order chi connectivity index (χ1) is 12.8. The Kier molecular flexibility index (Phi) is 77.0. The van der Waals surface area contributed by atoms with E-state index in [-0.39, 0.29) is 89.6 Å². The summed E-state index contributed by atoms with van der Waals surface area (Å²) in [5, 5.41) is 17.4. The summed E-state index contributed by atoms with van der Waals surface area (Å²) in [6.07, 6.45) is 4.62. The molecule has 1 amide bonds. The molecule has 0 aliphatic heterocycles. The molecule has 0 aliphatic carbocycles. The third-order valence-corrected chi connectivity index (χ3v) is 3.06. The van der Waals surface area contributed by atoms with Crippen LogP contribution in [-0.4, -0.2) is 81.7 Å². The van der Waals surface area contributed by atoms with Gasteiger partial charge in [0.25, 0.3) is 0 Å². The number of carboxylic acids is 1. The molecule has 0 fully saturated rings. The van der Waals surface area contributed by atoms with Gasteiger partial charge in [-0.3, -0.25) is 9.59 Å². The van der Waals surface area contributed by atoms with Crippen molar-refractivity contribution < 1.29 is 90.9 Å². The van der Waals surface area contributed by atoms with Crippen LogP contribution in [0.25, 0.3) is 5.32 Å². The second-order valence-electron chi connectivity index (χ2n) is 6.05. The van der Waals surface area contributed by atoms with Gasteiger partial charge in [0.2, 0.25) is 5.91 Å². The van der Waals surface area contributed by atoms with Crippen LogP contribution in [0.5, 0.6) is 0 Å². The first-order valence-corrected chi connectivity index (χ1v) is 10.3. The number of nitrogens with zero attached hydrogens (tertiary/aromatic N) is 2. The molecule has 0 spiro atoms. The van der Waals surface area contributed by atoms with Crippen molar-refractivity contribution in [2.75, 3.05) is 54.4 Å². The van der Waals surface area contributed by atoms with Crippen molar-refractivity contribution in [3.63, 3.8) is 0 Å². The Morgan fingerprint density at radius 1 is 1.00 bits per heavy atom. The number of amides is 1. The van der Waals surface area contributed by atoms with Gasteiger partial charge in [0, 0.05) is 85.4 Å². The fourth-order valence-corrected chi connectivity index (χ4v) is 1.63. The van der Waals surface area contributed by atoms with Crippen molar-refractivity contribution in [3.05, 3.63) is 5.32 Å². The molecule has 0 saturated heterocycles. The Hall–Kier alpha value is 0.988. The number of quaternary nitrogens is 1. The smallest absolute Gasteiger partial charge is 0.303 e. The van der Waals surface area contributed by atoms with E-state index in [9.17, 15) is 9.59 Å². The first-order valence-electron chi connectivity index (χ1n) is 10.3. The quantitative estimate of drug-likeness (QED) is 0.341. The van der Waals surface area contributed by atoms with Gasteiger partial charge in [-0.1, -0.05) is 34.1 Å². The van der Waals surface area contributed by atoms with Crippen LogP contribution in [0.1, 0.15) is 66.2 Å². The standard InChI is InChI=1S/C8H15NO3.2C4H11N.C4H10N.H2O.2Y/c1-3-6-9(2)7(10)4-5-8(11)12;3*1-3-4-5-2;;;/h3-6H2,1-2H3,(H,11,12);2*5H,3-4H2,1-2H3;3-4H2,1-2H3;1H2;;/q;;;-1;;;. The topological polar surface area (TPSA) is 130 Å². The summed E-state index contributed by atoms with van der Waals surface area (Å²) in [6.45, 7) is 12.5. The van der Waals surface area contributed by atoms with Crippen molar-refractivity contribution in [3.8, 4) is 0 Å². The fourth-order valence-electron chi connectivity index (χ4n) is 1.63. The zero-order valence-electron chi connectivity index (χ0n) is 20.9. The van der Waals surface area contributed by atoms with E-state index in [2.05, 4.69) is 43.8 Å². The SMILES string of the molecule is CCCN(C)C(=O)CCC(=O)O.CCCNC.CCC[N-]C.CCC[NH2+]C.[OH-].[Y].[Y]. The molecule has 0 unspecified atom stereocenters. The van der Waals surface area contributed by atoms with E-state index in [0.29, 0.717) is 6.54 Å². The van der Waals surface area contributed by atoms with E-state index < -0.39 is 5.97 Å². The fraction of sp³-hybridized carbons (Fsp3) is 0.900. The van der Waals surface area contributed by atoms with Crippen molar-refractivity contribution in [1.82, 2.24) is 10.2 Å². The Balaban J connectivity index is -0.0000000502. The molecule has 0 atom stereocenters. The van der Waals surface area contributed by atoms with Gasteiger partial charge >= 0.3 is 5.97 Å². The second-order valence-corrected chi connectivity index (χ2v) is 6.05. The van der Waals surface area contributed by atoms with E-state index in [1.165, 1.54) is 25.8 Å². The van der Waals surface area contributed by atoms with Crippen LogP contribution < -0.4 is 10.6 Å². The van der Waals surface area contributed by atoms with E-state index >= 15 is 0 Å². The first kappa shape index (κ1) is 48.4. The maximum absolute atomic E-state index is 11.1. The Morgan fingerprint density at radius 3 is 1.70 bits per heavy atom. The zero-order valence-corrected chi connectivity index (χ0v) is 26.6. The molecule has 10 heteroatoms. The van der Waals surface area contributed by atoms with Gasteiger partial charge in [-0.25, -0.2) is 0 Å². The molecule has 8 nitrogen and oxygen atoms in total. The molecule has 0 aliphatic rings. The summed E-state index contributed by atoms with van der Waals surface area (Å²) in [5.74, 6) is -1.02. The predicted octanol–water partition coefficient (Wildman–Crippen LogP) is 2.14. The average Bonchev–Trinajstić information content (AvgIpc) is 2.63. The monoisotopic (exact) mass is 587 g/mol. The van der Waals surface area contributed by atoms with Crippen LogP contribution in [0.3, 0.4) is 0 Å². The van der Waals surface area contributed by atoms with Gasteiger partial charge in [-0.15, -0.1) is 6.54 Å². The minimum absolute atomic E-state index is 0. The van der Waals surface area contributed by atoms with Crippen molar-refractivity contribution in [1.29, 1.82) is 0 Å². The molecule has 0 aromatic heterocycles. The molecule has 0 bridgehead atoms. The van der Waals surface area contributed by atoms with Gasteiger partial charge in [-0.05, 0) is 32.9 Å². The molecular formula is C20H49N4O4Y2-. The van der Waals surface area contributed by atoms with Crippen LogP contribution in [0.2, 0.25) is 0 Å². The van der Waals surface area contributed by atoms with Gasteiger partial charge in [0.05, 0.1) is 20.0 Å². The molecule has 30 heavy (non-hydrogen) atoms. The summed E-state index contributed by atoms with van der Waals surface area (Å²) in [4.78, 5) is 22.8. The van der Waals surface area contributed by atoms with Crippen LogP contribution in [0, 0.1) is 0 Å². The van der Waals surface area contributed by atoms with Gasteiger partial charge in [0.1, 0.15) is 0 Å². The summed E-state index contributed by atoms with van der Waals surface area (Å²) < 4.78 is 0. The number of carbonyl (C=O) groups is 2. The summed E-state index contributed by atoms with van der Waals surface area (Å²) >= 11 is 0. The molecule has 0 heterocycles. The minimum Gasteiger partial charge on any atom is -0.870 e. The average molecular weight is 587 g/mol. The number of rotatable bonds is 11. The number of aliphatic carboxylic acids is 1. The predicted molar refractivity (Wildman–Crippen MR) is 118 cm³/mol. The van der Waals surface area contributed by atoms with Crippen LogP contribution in [0.4, 0.5) is 0 Å². The normalized spacial score (nSPS) is 8.00. The maximum atomic E-state index is 11.1. The molecule has 0 aromatic carbocycles. The van der Waals surface area contributed by atoms with Crippen LogP contribution >= 0.6 is 0 Å². The number of carbonyl (C=O) groups excluding carboxylic acids is 1. The summed E-state index contributed by atoms with van der Waals surface area (Å²) in [5.41, 5.74) is 0. The summed E-state index contributed by atoms with van der Waals surface area (Å²) in [7, 11) is 7.57. The largest absolute Gasteiger partial charge is 0.870 e. The Labute approximate surface area is 236 Å². The van der Waals surface area contributed by atoms with Crippen LogP contribution in [0.15, 0.2) is 0 Å². The van der Waals surface area contributed by atoms with Crippen molar-refractivity contribution in [2.45, 2.75) is 66.2 Å². The zero-order chi connectivity index (χ0) is 21.9. The second kappa shape index (κ2) is 47.7. The minimum atomic E-state index is -0.923. The number of nitrogens with one attached hydrogen (secondary N) is 1. The van der Waals surface area contributed by atoms with Gasteiger partial charge < -0.3 is 31.4 Å². The number of hydrogen-bond acceptors (Lipinski definition) is 4. The maximum Gasteiger partial charge on any atom is 0.303 e. The number of carboxylic acid groups (broad SMARTS) is 1. The molecule has 5 N–H and O–H groups in total. The molecule has 0 rings (SSSR count). The van der Waals surface area contributed by atoms with E-state index in [4.69, 9.17) is 5.11 Å². The molecule has 2 radical (unpaired) electrons. The molecule has 0 aromatic rings. The third-order valence-electron chi connectivity index (χ3n) is 3.06. The van der Waals surface area contributed by atoms with E-state index in [0.717, 1.165) is 19.5 Å². The Morgan fingerprint density at radius 2 is 1.53 bits per heavy atom. The van der Waals surface area contributed by atoms with Gasteiger partial charge in [-0.2, -0.15) is 7.05 Å². The van der Waals surface area contributed by atoms with Gasteiger partial charge in [0.15, 0.2) is 0 Å².